The summed E-state index contributed by atoms with van der Waals surface area (Å²) in [5.41, 5.74) is 7.85. The number of rotatable bonds is 8. The van der Waals surface area contributed by atoms with E-state index in [0.29, 0.717) is 12.8 Å². The number of carboxylic acid groups (broad SMARTS) is 1. The quantitative estimate of drug-likeness (QED) is 0.309. The van der Waals surface area contributed by atoms with Crippen LogP contribution in [0.2, 0.25) is 0 Å². The Morgan fingerprint density at radius 1 is 1.06 bits per heavy atom. The molecule has 1 heterocycles. The van der Waals surface area contributed by atoms with Crippen molar-refractivity contribution in [2.45, 2.75) is 33.6 Å². The number of fused-ring (bicyclic) bond motifs is 1. The molecule has 3 aromatic carbocycles. The topological polar surface area (TPSA) is 75.3 Å². The number of benzene rings is 3. The third-order valence-corrected chi connectivity index (χ3v) is 6.93. The molecule has 0 bridgehead atoms. The van der Waals surface area contributed by atoms with Gasteiger partial charge in [0.25, 0.3) is 0 Å². The predicted octanol–water partition coefficient (Wildman–Crippen LogP) is 6.04. The molecule has 1 unspecified atom stereocenters. The Bertz CT molecular complexity index is 1420. The first-order valence-corrected chi connectivity index (χ1v) is 11.9. The van der Waals surface area contributed by atoms with Crippen LogP contribution in [0.3, 0.4) is 0 Å². The third-order valence-electron chi connectivity index (χ3n) is 6.93. The van der Waals surface area contributed by atoms with Gasteiger partial charge in [-0.25, -0.2) is 0 Å². The van der Waals surface area contributed by atoms with Crippen LogP contribution in [-0.4, -0.2) is 32.6 Å². The summed E-state index contributed by atoms with van der Waals surface area (Å²) in [7, 11) is 1.94. The number of aryl methyl sites for hydroxylation is 3. The fourth-order valence-corrected chi connectivity index (χ4v) is 4.33. The minimum Gasteiger partial charge on any atom is -0.481 e. The molecule has 0 radical (unpaired) electrons. The average Bonchev–Trinajstić information content (AvgIpc) is 3.22. The van der Waals surface area contributed by atoms with Crippen molar-refractivity contribution in [3.05, 3.63) is 88.6 Å². The van der Waals surface area contributed by atoms with E-state index in [1.807, 2.05) is 24.0 Å². The van der Waals surface area contributed by atoms with Gasteiger partial charge in [-0.1, -0.05) is 60.7 Å². The first-order valence-electron chi connectivity index (χ1n) is 11.9. The molecule has 0 saturated heterocycles. The van der Waals surface area contributed by atoms with Gasteiger partial charge in [-0.15, -0.1) is 0 Å². The van der Waals surface area contributed by atoms with Crippen molar-refractivity contribution in [3.63, 3.8) is 0 Å². The monoisotopic (exact) mass is 468 g/mol. The van der Waals surface area contributed by atoms with Crippen molar-refractivity contribution in [1.82, 2.24) is 9.78 Å². The van der Waals surface area contributed by atoms with E-state index < -0.39 is 11.4 Å². The van der Waals surface area contributed by atoms with Crippen molar-refractivity contribution in [2.75, 3.05) is 6.61 Å². The van der Waals surface area contributed by atoms with Gasteiger partial charge in [0.2, 0.25) is 0 Å². The van der Waals surface area contributed by atoms with Crippen LogP contribution in [0, 0.1) is 19.3 Å². The SMILES string of the molecule is Cc1ccc(CCC(C)(CO)C(=O)O)cc1C=Cc1cccc(-c2ccc3cn(C)nc3c2)c1C. The van der Waals surface area contributed by atoms with Crippen LogP contribution < -0.4 is 0 Å². The largest absolute Gasteiger partial charge is 0.481 e. The van der Waals surface area contributed by atoms with E-state index in [2.05, 4.69) is 79.6 Å². The van der Waals surface area contributed by atoms with Crippen molar-refractivity contribution in [2.24, 2.45) is 12.5 Å². The number of carbonyl (C=O) groups is 1. The number of aliphatic hydroxyl groups is 1. The molecule has 1 atom stereocenters. The lowest BCUT2D eigenvalue weighted by Crippen LogP contribution is -2.32. The second kappa shape index (κ2) is 9.88. The zero-order valence-electron chi connectivity index (χ0n) is 20.7. The summed E-state index contributed by atoms with van der Waals surface area (Å²) in [6, 6.07) is 18.9. The summed E-state index contributed by atoms with van der Waals surface area (Å²) in [5.74, 6) is -0.968. The van der Waals surface area contributed by atoms with Gasteiger partial charge in [-0.2, -0.15) is 5.10 Å². The standard InChI is InChI=1S/C30H32N2O3/c1-20-8-9-22(14-15-30(3,19-33)29(34)35)16-24(20)11-10-23-6-5-7-27(21(23)2)25-12-13-26-18-32(4)31-28(26)17-25/h5-13,16-18,33H,14-15,19H2,1-4H3,(H,34,35). The van der Waals surface area contributed by atoms with E-state index >= 15 is 0 Å². The number of aliphatic hydroxyl groups excluding tert-OH is 1. The normalized spacial score (nSPS) is 13.4. The molecule has 2 N–H and O–H groups in total. The second-order valence-electron chi connectivity index (χ2n) is 9.64. The highest BCUT2D eigenvalue weighted by Crippen LogP contribution is 2.30. The van der Waals surface area contributed by atoms with Gasteiger partial charge in [-0.3, -0.25) is 9.48 Å². The minimum atomic E-state index is -1.13. The Hall–Kier alpha value is -3.70. The number of nitrogens with zero attached hydrogens (tertiary/aromatic N) is 2. The highest BCUT2D eigenvalue weighted by molar-refractivity contribution is 5.86. The molecule has 0 aliphatic heterocycles. The summed E-state index contributed by atoms with van der Waals surface area (Å²) in [5, 5.41) is 24.6. The van der Waals surface area contributed by atoms with Crippen LogP contribution in [0.1, 0.15) is 41.2 Å². The Morgan fingerprint density at radius 2 is 1.83 bits per heavy atom. The van der Waals surface area contributed by atoms with Crippen LogP contribution in [0.25, 0.3) is 34.2 Å². The molecule has 4 aromatic rings. The minimum absolute atomic E-state index is 0.371. The molecule has 1 aromatic heterocycles. The molecule has 0 fully saturated rings. The van der Waals surface area contributed by atoms with E-state index in [1.54, 1.807) is 6.92 Å². The van der Waals surface area contributed by atoms with E-state index in [4.69, 9.17) is 0 Å². The van der Waals surface area contributed by atoms with Crippen molar-refractivity contribution < 1.29 is 15.0 Å². The first kappa shape index (κ1) is 24.4. The summed E-state index contributed by atoms with van der Waals surface area (Å²) < 4.78 is 1.84. The lowest BCUT2D eigenvalue weighted by Gasteiger charge is -2.21. The van der Waals surface area contributed by atoms with Gasteiger partial charge >= 0.3 is 5.97 Å². The Morgan fingerprint density at radius 3 is 2.57 bits per heavy atom. The molecule has 4 rings (SSSR count). The Kier molecular flexibility index (Phi) is 6.90. The van der Waals surface area contributed by atoms with Crippen LogP contribution in [-0.2, 0) is 18.3 Å². The highest BCUT2D eigenvalue weighted by atomic mass is 16.4. The molecule has 0 saturated carbocycles. The summed E-state index contributed by atoms with van der Waals surface area (Å²) in [6.07, 6.45) is 7.25. The molecule has 5 heteroatoms. The number of aromatic nitrogens is 2. The maximum absolute atomic E-state index is 11.5. The zero-order chi connectivity index (χ0) is 25.2. The van der Waals surface area contributed by atoms with Crippen molar-refractivity contribution >= 4 is 29.0 Å². The van der Waals surface area contributed by atoms with E-state index in [-0.39, 0.29) is 6.61 Å². The van der Waals surface area contributed by atoms with Gasteiger partial charge in [0.1, 0.15) is 0 Å². The van der Waals surface area contributed by atoms with Crippen molar-refractivity contribution in [1.29, 1.82) is 0 Å². The van der Waals surface area contributed by atoms with Crippen LogP contribution in [0.15, 0.2) is 60.8 Å². The zero-order valence-corrected chi connectivity index (χ0v) is 20.7. The molecule has 0 amide bonds. The van der Waals surface area contributed by atoms with E-state index in [0.717, 1.165) is 38.7 Å². The highest BCUT2D eigenvalue weighted by Gasteiger charge is 2.31. The van der Waals surface area contributed by atoms with Crippen LogP contribution in [0.5, 0.6) is 0 Å². The number of aliphatic carboxylic acids is 1. The molecule has 0 aliphatic carbocycles. The van der Waals surface area contributed by atoms with Gasteiger partial charge in [0.15, 0.2) is 0 Å². The predicted molar refractivity (Wildman–Crippen MR) is 142 cm³/mol. The maximum Gasteiger partial charge on any atom is 0.311 e. The van der Waals surface area contributed by atoms with Crippen molar-refractivity contribution in [3.8, 4) is 11.1 Å². The molecule has 180 valence electrons. The number of carboxylic acids is 1. The fourth-order valence-electron chi connectivity index (χ4n) is 4.33. The number of hydrogen-bond donors (Lipinski definition) is 2. The van der Waals surface area contributed by atoms with Crippen LogP contribution >= 0.6 is 0 Å². The summed E-state index contributed by atoms with van der Waals surface area (Å²) in [6.45, 7) is 5.43. The molecule has 0 aliphatic rings. The average molecular weight is 469 g/mol. The van der Waals surface area contributed by atoms with Gasteiger partial charge < -0.3 is 10.2 Å². The van der Waals surface area contributed by atoms with Gasteiger partial charge in [0, 0.05) is 18.6 Å². The lowest BCUT2D eigenvalue weighted by atomic mass is 9.84. The second-order valence-corrected chi connectivity index (χ2v) is 9.64. The van der Waals surface area contributed by atoms with Crippen LogP contribution in [0.4, 0.5) is 0 Å². The summed E-state index contributed by atoms with van der Waals surface area (Å²) in [4.78, 5) is 11.5. The lowest BCUT2D eigenvalue weighted by molar-refractivity contribution is -0.150. The smallest absolute Gasteiger partial charge is 0.311 e. The molecule has 35 heavy (non-hydrogen) atoms. The van der Waals surface area contributed by atoms with Gasteiger partial charge in [0.05, 0.1) is 17.5 Å². The molecular weight excluding hydrogens is 436 g/mol. The van der Waals surface area contributed by atoms with E-state index in [9.17, 15) is 15.0 Å². The van der Waals surface area contributed by atoms with Gasteiger partial charge in [-0.05, 0) is 78.6 Å². The number of hydrogen-bond acceptors (Lipinski definition) is 3. The molecule has 0 spiro atoms. The Balaban J connectivity index is 1.59. The first-order chi connectivity index (χ1) is 16.7. The third kappa shape index (κ3) is 5.20. The maximum atomic E-state index is 11.5. The molecule has 5 nitrogen and oxygen atoms in total. The fraction of sp³-hybridized carbons (Fsp3) is 0.267. The molecular formula is C30H32N2O3. The Labute approximate surface area is 206 Å². The van der Waals surface area contributed by atoms with E-state index in [1.165, 1.54) is 11.1 Å². The summed E-state index contributed by atoms with van der Waals surface area (Å²) >= 11 is 0.